The zero-order valence-corrected chi connectivity index (χ0v) is 64.8. The summed E-state index contributed by atoms with van der Waals surface area (Å²) >= 11 is 0. The number of rotatable bonds is 12. The fourth-order valence-corrected chi connectivity index (χ4v) is 19.7. The Morgan fingerprint density at radius 3 is 0.872 bits per heavy atom. The van der Waals surface area contributed by atoms with E-state index >= 15 is 0 Å². The van der Waals surface area contributed by atoms with Gasteiger partial charge >= 0.3 is 0 Å². The number of unbranched alkanes of at least 4 members (excludes halogenated alkanes) is 2. The van der Waals surface area contributed by atoms with E-state index in [1.165, 1.54) is 227 Å². The van der Waals surface area contributed by atoms with Gasteiger partial charge in [-0.25, -0.2) is 0 Å². The summed E-state index contributed by atoms with van der Waals surface area (Å²) in [7, 11) is 0. The van der Waals surface area contributed by atoms with Gasteiger partial charge in [0.25, 0.3) is 0 Å². The summed E-state index contributed by atoms with van der Waals surface area (Å²) in [4.78, 5) is 5.20. The van der Waals surface area contributed by atoms with Crippen molar-refractivity contribution >= 4 is 34.1 Å². The summed E-state index contributed by atoms with van der Waals surface area (Å²) < 4.78 is 0. The van der Waals surface area contributed by atoms with Crippen LogP contribution in [0.5, 0.6) is 0 Å². The molecule has 5 aliphatic rings. The van der Waals surface area contributed by atoms with Crippen LogP contribution in [0, 0.1) is 55.4 Å². The smallest absolute Gasteiger partial charge is 0.0742 e. The molecule has 0 N–H and O–H groups in total. The number of nitrogens with zero attached hydrogens (tertiary/aromatic N) is 2. The third-order valence-electron chi connectivity index (χ3n) is 25.2. The molecule has 0 aromatic heterocycles. The van der Waals surface area contributed by atoms with Gasteiger partial charge in [-0.3, -0.25) is 0 Å². The van der Waals surface area contributed by atoms with Crippen LogP contribution in [-0.2, 0) is 34.5 Å². The van der Waals surface area contributed by atoms with Crippen LogP contribution in [0.25, 0.3) is 33.4 Å². The van der Waals surface area contributed by atoms with Crippen molar-refractivity contribution in [3.8, 4) is 33.4 Å². The van der Waals surface area contributed by atoms with Crippen LogP contribution in [-0.4, -0.2) is 0 Å². The Kier molecular flexibility index (Phi) is 17.6. The molecule has 14 aromatic rings. The highest BCUT2D eigenvalue weighted by Gasteiger charge is 2.54. The van der Waals surface area contributed by atoms with Gasteiger partial charge in [0.05, 0.1) is 39.0 Å². The minimum Gasteiger partial charge on any atom is -0.310 e. The monoisotopic (exact) mass is 1410 g/mol. The molecule has 2 aliphatic heterocycles. The maximum atomic E-state index is 2.66. The number of aryl methyl sites for hydroxylation is 10. The molecule has 109 heavy (non-hydrogen) atoms. The van der Waals surface area contributed by atoms with Crippen LogP contribution in [0.1, 0.15) is 194 Å². The molecule has 0 amide bonds. The maximum absolute atomic E-state index is 2.66. The molecule has 3 aliphatic carbocycles. The van der Waals surface area contributed by atoms with E-state index in [2.05, 4.69) is 384 Å². The first kappa shape index (κ1) is 70.6. The van der Waals surface area contributed by atoms with Crippen molar-refractivity contribution in [2.24, 2.45) is 0 Å². The third kappa shape index (κ3) is 10.8. The molecule has 0 atom stereocenters. The fraction of sp³-hybridized carbons (Fsp3) is 0.215. The van der Waals surface area contributed by atoms with E-state index in [1.54, 1.807) is 0 Å². The molecule has 2 heterocycles. The normalized spacial score (nSPS) is 14.6. The summed E-state index contributed by atoms with van der Waals surface area (Å²) in [5.74, 6) is 0. The zero-order chi connectivity index (χ0) is 74.1. The summed E-state index contributed by atoms with van der Waals surface area (Å²) in [5, 5.41) is 0. The van der Waals surface area contributed by atoms with Gasteiger partial charge in [-0.1, -0.05) is 323 Å². The number of benzene rings is 14. The van der Waals surface area contributed by atoms with Crippen molar-refractivity contribution in [3.63, 3.8) is 0 Å². The molecule has 0 unspecified atom stereocenters. The van der Waals surface area contributed by atoms with Crippen LogP contribution in [0.15, 0.2) is 291 Å². The van der Waals surface area contributed by atoms with Crippen molar-refractivity contribution in [1.82, 2.24) is 0 Å². The summed E-state index contributed by atoms with van der Waals surface area (Å²) in [6.45, 7) is 27.3. The minimum atomic E-state index is -0.671. The molecule has 2 nitrogen and oxygen atoms in total. The molecule has 0 fully saturated rings. The van der Waals surface area contributed by atoms with E-state index in [0.717, 1.165) is 12.8 Å². The Morgan fingerprint density at radius 2 is 0.532 bits per heavy atom. The van der Waals surface area contributed by atoms with Gasteiger partial charge in [-0.05, 0) is 264 Å². The van der Waals surface area contributed by atoms with E-state index in [1.807, 2.05) is 0 Å². The summed E-state index contributed by atoms with van der Waals surface area (Å²) in [6.07, 6.45) is 6.88. The standard InChI is InChI=1S/C79H76N2.C27H20.CH4/c1-11-13-15-57-27-39-63(40-28-57)80-73-43-25-55(7)45-69(73)78(59-31-17-51(3)18-32-59,60-33-19-52(4)20-34-60)71-47-65-66-48-72-76(50-68(66)77(9,10)67(65)49-75(71)80)81(64-41-29-58(30-42-64)16-14-12-2)74-44-26-56(8)46-70(74)79(72,61-35-21-53(5)22-36-61)62-37-23-54(6)24-38-62;1-17-11-13-21-22-14-12-18(2)16-26(22)27(25(21)15-17)23-9-5-3-7-19(23)20-8-4-6-10-24(20)27;/h17-50H,11-16H2,1-10H3;3-16H,1-2H3;1H4. The van der Waals surface area contributed by atoms with Crippen LogP contribution in [0.3, 0.4) is 0 Å². The Labute approximate surface area is 648 Å². The van der Waals surface area contributed by atoms with Gasteiger partial charge < -0.3 is 9.80 Å². The second kappa shape index (κ2) is 27.1. The number of fused-ring (bicyclic) bond motifs is 17. The van der Waals surface area contributed by atoms with Gasteiger partial charge in [-0.2, -0.15) is 0 Å². The molecule has 0 radical (unpaired) electrons. The highest BCUT2D eigenvalue weighted by Crippen LogP contribution is 2.67. The summed E-state index contributed by atoms with van der Waals surface area (Å²) in [6, 6.07) is 114. The van der Waals surface area contributed by atoms with Crippen molar-refractivity contribution < 1.29 is 0 Å². The van der Waals surface area contributed by atoms with Crippen molar-refractivity contribution in [1.29, 1.82) is 0 Å². The Morgan fingerprint density at radius 1 is 0.239 bits per heavy atom. The second-order valence-corrected chi connectivity index (χ2v) is 32.6. The van der Waals surface area contributed by atoms with Gasteiger partial charge in [0.15, 0.2) is 0 Å². The Bertz CT molecular complexity index is 5410. The SMILES string of the molecule is C.CCCCc1ccc(N2c3ccc(C)cc3C(c3ccc(C)cc3)(c3ccc(C)cc3)c3cc4c(cc32)C(C)(C)c2cc3c(cc2-4)C(c2ccc(C)cc2)(c2ccc(C)cc2)c2cc(C)ccc2N3c2ccc(CCCC)cc2)cc1.Cc1ccc2c(c1)C1(c3ccccc3-c3ccccc31)c1cc(C)ccc1-2. The molecular formula is C107H100N2. The van der Waals surface area contributed by atoms with E-state index in [0.29, 0.717) is 0 Å². The molecule has 19 rings (SSSR count). The minimum absolute atomic E-state index is 0. The van der Waals surface area contributed by atoms with E-state index in [-0.39, 0.29) is 18.3 Å². The zero-order valence-electron chi connectivity index (χ0n) is 64.8. The molecule has 0 bridgehead atoms. The average molecular weight is 1410 g/mol. The first-order valence-corrected chi connectivity index (χ1v) is 39.6. The Balaban J connectivity index is 0.000000258. The van der Waals surface area contributed by atoms with Gasteiger partial charge in [0.2, 0.25) is 0 Å². The van der Waals surface area contributed by atoms with Crippen LogP contribution < -0.4 is 9.80 Å². The van der Waals surface area contributed by atoms with E-state index < -0.39 is 10.8 Å². The largest absolute Gasteiger partial charge is 0.310 e. The number of anilines is 6. The molecule has 14 aromatic carbocycles. The lowest BCUT2D eigenvalue weighted by atomic mass is 9.61. The van der Waals surface area contributed by atoms with Crippen LogP contribution >= 0.6 is 0 Å². The quantitative estimate of drug-likeness (QED) is 0.120. The van der Waals surface area contributed by atoms with Gasteiger partial charge in [0.1, 0.15) is 0 Å². The fourth-order valence-electron chi connectivity index (χ4n) is 19.7. The van der Waals surface area contributed by atoms with E-state index in [9.17, 15) is 0 Å². The van der Waals surface area contributed by atoms with Gasteiger partial charge in [-0.15, -0.1) is 0 Å². The lowest BCUT2D eigenvalue weighted by Crippen LogP contribution is -2.38. The molecular weight excluding hydrogens is 1310 g/mol. The molecule has 1 spiro atoms. The second-order valence-electron chi connectivity index (χ2n) is 32.6. The average Bonchev–Trinajstić information content (AvgIpc) is 1.53. The topological polar surface area (TPSA) is 6.48 Å². The predicted octanol–water partition coefficient (Wildman–Crippen LogP) is 28.1. The van der Waals surface area contributed by atoms with Gasteiger partial charge in [0, 0.05) is 16.8 Å². The Hall–Kier alpha value is -11.3. The maximum Gasteiger partial charge on any atom is 0.0742 e. The highest BCUT2D eigenvalue weighted by molar-refractivity contribution is 5.99. The molecule has 2 heteroatoms. The third-order valence-corrected chi connectivity index (χ3v) is 25.2. The predicted molar refractivity (Wildman–Crippen MR) is 462 cm³/mol. The van der Waals surface area contributed by atoms with E-state index in [4.69, 9.17) is 0 Å². The summed E-state index contributed by atoms with van der Waals surface area (Å²) in [5.41, 5.74) is 44.9. The molecule has 0 saturated carbocycles. The number of hydrogen-bond donors (Lipinski definition) is 0. The molecule has 0 saturated heterocycles. The first-order chi connectivity index (χ1) is 52.5. The lowest BCUT2D eigenvalue weighted by Gasteiger charge is -2.47. The van der Waals surface area contributed by atoms with Crippen molar-refractivity contribution in [2.75, 3.05) is 9.80 Å². The number of hydrogen-bond acceptors (Lipinski definition) is 2. The van der Waals surface area contributed by atoms with Crippen LogP contribution in [0.4, 0.5) is 34.1 Å². The van der Waals surface area contributed by atoms with Crippen molar-refractivity contribution in [3.05, 3.63) is 425 Å². The first-order valence-electron chi connectivity index (χ1n) is 39.6. The molecule has 538 valence electrons. The lowest BCUT2D eigenvalue weighted by molar-refractivity contribution is 0.656. The van der Waals surface area contributed by atoms with Crippen molar-refractivity contribution in [2.45, 2.75) is 151 Å². The highest BCUT2D eigenvalue weighted by atomic mass is 15.2. The van der Waals surface area contributed by atoms with Crippen LogP contribution in [0.2, 0.25) is 0 Å².